The Labute approximate surface area is 147 Å². The summed E-state index contributed by atoms with van der Waals surface area (Å²) in [6, 6.07) is 10.9. The highest BCUT2D eigenvalue weighted by atomic mass is 35.6. The van der Waals surface area contributed by atoms with Gasteiger partial charge in [-0.3, -0.25) is 4.79 Å². The van der Waals surface area contributed by atoms with Crippen molar-refractivity contribution >= 4 is 52.3 Å². The molecule has 0 radical (unpaired) electrons. The maximum atomic E-state index is 13.0. The Hall–Kier alpha value is -1.000. The zero-order valence-corrected chi connectivity index (χ0v) is 14.0. The van der Waals surface area contributed by atoms with Gasteiger partial charge in [-0.05, 0) is 29.8 Å². The normalized spacial score (nSPS) is 12.8. The quantitative estimate of drug-likeness (QED) is 0.717. The summed E-state index contributed by atoms with van der Waals surface area (Å²) in [6.45, 7) is 0. The summed E-state index contributed by atoms with van der Waals surface area (Å²) >= 11 is 23.8. The molecular formula is C15H10Cl4FNO. The first-order chi connectivity index (χ1) is 10.3. The molecule has 22 heavy (non-hydrogen) atoms. The fourth-order valence-electron chi connectivity index (χ4n) is 1.86. The molecule has 2 aromatic rings. The van der Waals surface area contributed by atoms with Gasteiger partial charge in [0.05, 0.1) is 10.6 Å². The molecule has 116 valence electrons. The van der Waals surface area contributed by atoms with E-state index in [4.69, 9.17) is 46.4 Å². The van der Waals surface area contributed by atoms with Crippen molar-refractivity contribution < 1.29 is 9.18 Å². The maximum Gasteiger partial charge on any atom is 0.253 e. The number of carbonyl (C=O) groups is 1. The molecule has 2 nitrogen and oxygen atoms in total. The summed E-state index contributed by atoms with van der Waals surface area (Å²) < 4.78 is 11.2. The van der Waals surface area contributed by atoms with Gasteiger partial charge in [0.15, 0.2) is 0 Å². The lowest BCUT2D eigenvalue weighted by Crippen LogP contribution is -2.36. The van der Waals surface area contributed by atoms with Gasteiger partial charge in [0.1, 0.15) is 11.9 Å². The van der Waals surface area contributed by atoms with Gasteiger partial charge in [-0.1, -0.05) is 70.7 Å². The van der Waals surface area contributed by atoms with E-state index >= 15 is 0 Å². The smallest absolute Gasteiger partial charge is 0.253 e. The SMILES string of the molecule is O=C(N[C@@H](c1ccc(F)cc1)C(Cl)(Cl)Cl)c1ccccc1Cl. The summed E-state index contributed by atoms with van der Waals surface area (Å²) in [5.41, 5.74) is 0.715. The van der Waals surface area contributed by atoms with Crippen LogP contribution in [-0.4, -0.2) is 9.70 Å². The van der Waals surface area contributed by atoms with E-state index in [-0.39, 0.29) is 10.6 Å². The van der Waals surface area contributed by atoms with E-state index < -0.39 is 21.6 Å². The lowest BCUT2D eigenvalue weighted by atomic mass is 10.1. The van der Waals surface area contributed by atoms with Crippen LogP contribution in [0.4, 0.5) is 4.39 Å². The predicted octanol–water partition coefficient (Wildman–Crippen LogP) is 5.32. The second-order valence-electron chi connectivity index (χ2n) is 4.48. The minimum absolute atomic E-state index is 0.255. The molecule has 0 aliphatic rings. The second-order valence-corrected chi connectivity index (χ2v) is 7.26. The second kappa shape index (κ2) is 7.05. The lowest BCUT2D eigenvalue weighted by molar-refractivity contribution is 0.0937. The Morgan fingerprint density at radius 2 is 1.64 bits per heavy atom. The van der Waals surface area contributed by atoms with Gasteiger partial charge in [-0.15, -0.1) is 0 Å². The van der Waals surface area contributed by atoms with Crippen molar-refractivity contribution in [3.05, 3.63) is 70.5 Å². The predicted molar refractivity (Wildman–Crippen MR) is 88.3 cm³/mol. The molecule has 7 heteroatoms. The summed E-state index contributed by atoms with van der Waals surface area (Å²) in [6.07, 6.45) is 0. The van der Waals surface area contributed by atoms with Crippen molar-refractivity contribution in [2.75, 3.05) is 0 Å². The van der Waals surface area contributed by atoms with Gasteiger partial charge in [0.25, 0.3) is 5.91 Å². The topological polar surface area (TPSA) is 29.1 Å². The van der Waals surface area contributed by atoms with Gasteiger partial charge >= 0.3 is 0 Å². The Morgan fingerprint density at radius 3 is 2.18 bits per heavy atom. The molecule has 1 N–H and O–H groups in total. The number of hydrogen-bond acceptors (Lipinski definition) is 1. The van der Waals surface area contributed by atoms with Crippen molar-refractivity contribution in [1.29, 1.82) is 0 Å². The molecule has 0 aliphatic heterocycles. The van der Waals surface area contributed by atoms with E-state index in [0.717, 1.165) is 0 Å². The molecule has 0 saturated carbocycles. The first-order valence-electron chi connectivity index (χ1n) is 6.16. The number of halogens is 5. The van der Waals surface area contributed by atoms with Crippen LogP contribution in [0, 0.1) is 5.82 Å². The molecular weight excluding hydrogens is 371 g/mol. The summed E-state index contributed by atoms with van der Waals surface area (Å²) in [5, 5.41) is 2.89. The molecule has 0 aliphatic carbocycles. The van der Waals surface area contributed by atoms with Crippen LogP contribution in [0.2, 0.25) is 5.02 Å². The molecule has 0 fully saturated rings. The first-order valence-corrected chi connectivity index (χ1v) is 7.68. The van der Waals surface area contributed by atoms with Gasteiger partial charge in [-0.2, -0.15) is 0 Å². The molecule has 0 unspecified atom stereocenters. The molecule has 2 rings (SSSR count). The molecule has 0 bridgehead atoms. The fourth-order valence-corrected chi connectivity index (χ4v) is 2.63. The van der Waals surface area contributed by atoms with Crippen LogP contribution in [0.25, 0.3) is 0 Å². The van der Waals surface area contributed by atoms with E-state index in [9.17, 15) is 9.18 Å². The summed E-state index contributed by atoms with van der Waals surface area (Å²) in [5.74, 6) is -0.921. The average Bonchev–Trinajstić information content (AvgIpc) is 2.45. The highest BCUT2D eigenvalue weighted by Crippen LogP contribution is 2.40. The highest BCUT2D eigenvalue weighted by molar-refractivity contribution is 6.68. The van der Waals surface area contributed by atoms with Crippen LogP contribution >= 0.6 is 46.4 Å². The zero-order chi connectivity index (χ0) is 16.3. The highest BCUT2D eigenvalue weighted by Gasteiger charge is 2.35. The first kappa shape index (κ1) is 17.4. The van der Waals surface area contributed by atoms with Crippen molar-refractivity contribution in [1.82, 2.24) is 5.32 Å². The van der Waals surface area contributed by atoms with Gasteiger partial charge in [-0.25, -0.2) is 4.39 Å². The lowest BCUT2D eigenvalue weighted by Gasteiger charge is -2.26. The third-order valence-electron chi connectivity index (χ3n) is 2.92. The number of benzene rings is 2. The molecule has 1 atom stereocenters. The Balaban J connectivity index is 2.30. The van der Waals surface area contributed by atoms with E-state index in [1.165, 1.54) is 24.3 Å². The average molecular weight is 381 g/mol. The maximum absolute atomic E-state index is 13.0. The van der Waals surface area contributed by atoms with Crippen molar-refractivity contribution in [2.45, 2.75) is 9.83 Å². The number of hydrogen-bond donors (Lipinski definition) is 1. The summed E-state index contributed by atoms with van der Waals surface area (Å²) in [4.78, 5) is 12.3. The standard InChI is InChI=1S/C15H10Cl4FNO/c16-12-4-2-1-3-11(12)14(22)21-13(15(17,18)19)9-5-7-10(20)8-6-9/h1-8,13H,(H,21,22)/t13-/m0/s1. The van der Waals surface area contributed by atoms with Crippen LogP contribution in [0.15, 0.2) is 48.5 Å². The molecule has 0 spiro atoms. The Morgan fingerprint density at radius 1 is 1.05 bits per heavy atom. The van der Waals surface area contributed by atoms with E-state index in [1.807, 2.05) is 0 Å². The van der Waals surface area contributed by atoms with Crippen molar-refractivity contribution in [3.63, 3.8) is 0 Å². The Kier molecular flexibility index (Phi) is 5.56. The Bertz CT molecular complexity index is 670. The minimum atomic E-state index is -1.81. The minimum Gasteiger partial charge on any atom is -0.341 e. The third-order valence-corrected chi connectivity index (χ3v) is 3.91. The number of amides is 1. The molecule has 0 saturated heterocycles. The number of rotatable bonds is 3. The van der Waals surface area contributed by atoms with Crippen molar-refractivity contribution in [3.8, 4) is 0 Å². The van der Waals surface area contributed by atoms with E-state index in [1.54, 1.807) is 24.3 Å². The van der Waals surface area contributed by atoms with Gasteiger partial charge < -0.3 is 5.32 Å². The van der Waals surface area contributed by atoms with Crippen LogP contribution in [0.3, 0.4) is 0 Å². The van der Waals surface area contributed by atoms with E-state index in [0.29, 0.717) is 5.56 Å². The largest absolute Gasteiger partial charge is 0.341 e. The van der Waals surface area contributed by atoms with Gasteiger partial charge in [0.2, 0.25) is 3.79 Å². The monoisotopic (exact) mass is 379 g/mol. The van der Waals surface area contributed by atoms with Crippen molar-refractivity contribution in [2.24, 2.45) is 0 Å². The van der Waals surface area contributed by atoms with E-state index in [2.05, 4.69) is 5.32 Å². The molecule has 0 aromatic heterocycles. The van der Waals surface area contributed by atoms with Gasteiger partial charge in [0, 0.05) is 0 Å². The number of carbonyl (C=O) groups excluding carboxylic acids is 1. The molecule has 2 aromatic carbocycles. The van der Waals surface area contributed by atoms with Crippen LogP contribution in [0.1, 0.15) is 22.0 Å². The molecule has 0 heterocycles. The fraction of sp³-hybridized carbons (Fsp3) is 0.133. The number of nitrogens with one attached hydrogen (secondary N) is 1. The summed E-state index contributed by atoms with van der Waals surface area (Å²) in [7, 11) is 0. The molecule has 1 amide bonds. The number of alkyl halides is 3. The zero-order valence-electron chi connectivity index (χ0n) is 11.0. The van der Waals surface area contributed by atoms with Crippen LogP contribution in [0.5, 0.6) is 0 Å². The third kappa shape index (κ3) is 4.26. The van der Waals surface area contributed by atoms with Crippen LogP contribution < -0.4 is 5.32 Å². The van der Waals surface area contributed by atoms with Crippen LogP contribution in [-0.2, 0) is 0 Å².